The predicted molar refractivity (Wildman–Crippen MR) is 193 cm³/mol. The highest BCUT2D eigenvalue weighted by Gasteiger charge is 2.68. The van der Waals surface area contributed by atoms with Gasteiger partial charge in [-0.1, -0.05) is 47.5 Å². The van der Waals surface area contributed by atoms with E-state index in [2.05, 4.69) is 6.58 Å². The molecule has 50 heavy (non-hydrogen) atoms. The number of aryl methyl sites for hydroxylation is 2. The number of nitrogens with zero attached hydrogens (tertiary/aromatic N) is 4. The van der Waals surface area contributed by atoms with Crippen molar-refractivity contribution in [3.8, 4) is 16.3 Å². The van der Waals surface area contributed by atoms with Gasteiger partial charge in [-0.3, -0.25) is 28.8 Å². The molecule has 8 rings (SSSR count). The van der Waals surface area contributed by atoms with Crippen LogP contribution in [0.25, 0.3) is 20.7 Å². The molecule has 1 saturated carbocycles. The van der Waals surface area contributed by atoms with Gasteiger partial charge in [0, 0.05) is 40.9 Å². The molecule has 6 unspecified atom stereocenters. The summed E-state index contributed by atoms with van der Waals surface area (Å²) >= 11 is 7.87. The number of imide groups is 2. The summed E-state index contributed by atoms with van der Waals surface area (Å²) in [5, 5.41) is 18.2. The Morgan fingerprint density at radius 2 is 1.88 bits per heavy atom. The van der Waals surface area contributed by atoms with Gasteiger partial charge in [-0.2, -0.15) is 5.10 Å². The molecule has 4 aliphatic rings. The highest BCUT2D eigenvalue weighted by atomic mass is 35.5. The van der Waals surface area contributed by atoms with E-state index in [4.69, 9.17) is 16.7 Å². The van der Waals surface area contributed by atoms with Gasteiger partial charge in [0.2, 0.25) is 23.6 Å². The van der Waals surface area contributed by atoms with Crippen molar-refractivity contribution in [2.24, 2.45) is 36.1 Å². The van der Waals surface area contributed by atoms with Gasteiger partial charge >= 0.3 is 0 Å². The number of hydrogen-bond donors (Lipinski definition) is 1. The van der Waals surface area contributed by atoms with Crippen LogP contribution in [0.15, 0.2) is 66.8 Å². The first-order valence-corrected chi connectivity index (χ1v) is 18.2. The number of para-hydroxylation sites is 1. The van der Waals surface area contributed by atoms with Gasteiger partial charge in [-0.25, -0.2) is 4.90 Å². The first-order chi connectivity index (χ1) is 23.9. The molecule has 2 aromatic carbocycles. The maximum Gasteiger partial charge on any atom is 0.242 e. The van der Waals surface area contributed by atoms with E-state index < -0.39 is 35.0 Å². The van der Waals surface area contributed by atoms with Crippen LogP contribution >= 0.6 is 22.9 Å². The zero-order chi connectivity index (χ0) is 35.4. The molecule has 3 fully saturated rings. The first kappa shape index (κ1) is 32.7. The molecule has 0 radical (unpaired) electrons. The summed E-state index contributed by atoms with van der Waals surface area (Å²) in [6, 6.07) is 13.0. The van der Waals surface area contributed by atoms with Crippen LogP contribution in [0.2, 0.25) is 5.02 Å². The fourth-order valence-electron chi connectivity index (χ4n) is 9.33. The average Bonchev–Trinajstić information content (AvgIpc) is 3.76. The van der Waals surface area contributed by atoms with E-state index in [9.17, 15) is 19.5 Å². The van der Waals surface area contributed by atoms with Crippen LogP contribution in [0.4, 0.5) is 5.82 Å². The van der Waals surface area contributed by atoms with Crippen molar-refractivity contribution in [3.05, 3.63) is 88.5 Å². The summed E-state index contributed by atoms with van der Waals surface area (Å²) in [4.78, 5) is 60.5. The van der Waals surface area contributed by atoms with Crippen molar-refractivity contribution in [1.29, 1.82) is 0 Å². The third-order valence-electron chi connectivity index (χ3n) is 11.7. The molecule has 256 valence electrons. The predicted octanol–water partition coefficient (Wildman–Crippen LogP) is 6.95. The molecule has 0 spiro atoms. The van der Waals surface area contributed by atoms with Crippen LogP contribution in [-0.4, -0.2) is 50.0 Å². The highest BCUT2D eigenvalue weighted by Crippen LogP contribution is 2.64. The average molecular weight is 709 g/mol. The van der Waals surface area contributed by atoms with Crippen LogP contribution in [0.5, 0.6) is 5.75 Å². The van der Waals surface area contributed by atoms with Crippen LogP contribution < -0.4 is 4.90 Å². The minimum Gasteiger partial charge on any atom is -0.507 e. The van der Waals surface area contributed by atoms with E-state index in [0.717, 1.165) is 26.1 Å². The van der Waals surface area contributed by atoms with E-state index in [1.54, 1.807) is 42.1 Å². The normalized spacial score (nSPS) is 27.5. The summed E-state index contributed by atoms with van der Waals surface area (Å²) in [6.07, 6.45) is 4.72. The van der Waals surface area contributed by atoms with Crippen molar-refractivity contribution in [1.82, 2.24) is 14.7 Å². The number of likely N-dealkylation sites (tertiary alicyclic amines) is 1. The first-order valence-electron chi connectivity index (χ1n) is 17.0. The zero-order valence-corrected chi connectivity index (χ0v) is 29.8. The molecule has 4 amide bonds. The lowest BCUT2D eigenvalue weighted by Crippen LogP contribution is -2.49. The van der Waals surface area contributed by atoms with Crippen molar-refractivity contribution >= 4 is 62.5 Å². The minimum absolute atomic E-state index is 0.0481. The molecule has 9 nitrogen and oxygen atoms in total. The van der Waals surface area contributed by atoms with Gasteiger partial charge in [0.15, 0.2) is 0 Å². The number of aromatic hydroxyl groups is 1. The Morgan fingerprint density at radius 3 is 2.62 bits per heavy atom. The molecular weight excluding hydrogens is 672 g/mol. The molecule has 2 aromatic heterocycles. The minimum atomic E-state index is -1.29. The number of phenolic OH excluding ortho intramolecular Hbond substituents is 1. The molecule has 4 heterocycles. The molecule has 0 bridgehead atoms. The smallest absolute Gasteiger partial charge is 0.242 e. The number of thiophene rings is 1. The number of amides is 4. The number of allylic oxidation sites excluding steroid dienone is 3. The molecule has 4 aromatic rings. The number of carbonyl (C=O) groups excluding carboxylic acids is 4. The second kappa shape index (κ2) is 11.5. The standard InChI is InChI=1S/C39H37ClN4O5S/c1-6-9-20-10-8-11-24(33(20)45)32-22-13-14-23-31(37(48)43(7-2)35(23)46)26(22)17-27-36(47)44(38(49)39(27,32)4)30-18-28(41-42(30)5)34-19(3)25-16-21(40)12-15-29(25)50-34/h6,8,10-13,15-16,18,23,26-27,31-32,45H,1,7,9,14,17H2,2-5H3. The van der Waals surface area contributed by atoms with Gasteiger partial charge in [0.05, 0.1) is 28.0 Å². The van der Waals surface area contributed by atoms with Gasteiger partial charge < -0.3 is 5.11 Å². The summed E-state index contributed by atoms with van der Waals surface area (Å²) in [7, 11) is 1.72. The lowest BCUT2D eigenvalue weighted by molar-refractivity contribution is -0.140. The lowest BCUT2D eigenvalue weighted by atomic mass is 9.51. The van der Waals surface area contributed by atoms with Crippen LogP contribution in [-0.2, 0) is 32.6 Å². The van der Waals surface area contributed by atoms with E-state index in [1.165, 1.54) is 9.80 Å². The van der Waals surface area contributed by atoms with E-state index in [1.807, 2.05) is 56.3 Å². The summed E-state index contributed by atoms with van der Waals surface area (Å²) in [5.74, 6) is -3.87. The molecule has 11 heteroatoms. The molecular formula is C39H37ClN4O5S. The molecule has 6 atom stereocenters. The Bertz CT molecular complexity index is 2220. The van der Waals surface area contributed by atoms with Gasteiger partial charge in [-0.15, -0.1) is 17.9 Å². The number of benzene rings is 2. The second-order valence-electron chi connectivity index (χ2n) is 14.1. The third-order valence-corrected chi connectivity index (χ3v) is 13.3. The zero-order valence-electron chi connectivity index (χ0n) is 28.3. The Kier molecular flexibility index (Phi) is 7.51. The summed E-state index contributed by atoms with van der Waals surface area (Å²) in [5.41, 5.74) is 2.38. The van der Waals surface area contributed by atoms with Crippen molar-refractivity contribution in [2.45, 2.75) is 46.0 Å². The molecule has 2 aliphatic heterocycles. The van der Waals surface area contributed by atoms with Gasteiger partial charge in [0.1, 0.15) is 17.3 Å². The number of rotatable bonds is 6. The summed E-state index contributed by atoms with van der Waals surface area (Å²) in [6.45, 7) is 9.75. The Morgan fingerprint density at radius 1 is 1.10 bits per heavy atom. The van der Waals surface area contributed by atoms with Crippen molar-refractivity contribution < 1.29 is 24.3 Å². The number of carbonyl (C=O) groups is 4. The number of phenols is 1. The monoisotopic (exact) mass is 708 g/mol. The number of hydrogen-bond acceptors (Lipinski definition) is 7. The van der Waals surface area contributed by atoms with E-state index in [-0.39, 0.29) is 42.3 Å². The van der Waals surface area contributed by atoms with Gasteiger partial charge in [0.25, 0.3) is 0 Å². The molecule has 1 N–H and O–H groups in total. The fraction of sp³-hybridized carbons (Fsp3) is 0.359. The quantitative estimate of drug-likeness (QED) is 0.171. The summed E-state index contributed by atoms with van der Waals surface area (Å²) < 4.78 is 2.62. The Hall–Kier alpha value is -4.54. The van der Waals surface area contributed by atoms with E-state index >= 15 is 4.79 Å². The Balaban J connectivity index is 1.27. The van der Waals surface area contributed by atoms with Crippen LogP contribution in [0, 0.1) is 36.0 Å². The SMILES string of the molecule is C=CCc1cccc(C2C3=CCC4C(=O)N(CC)C(=O)C4C3CC3C(=O)N(c4cc(-c5sc6ccc(Cl)cc6c5C)nn4C)C(=O)C32C)c1O. The number of aromatic nitrogens is 2. The number of fused-ring (bicyclic) bond motifs is 5. The van der Waals surface area contributed by atoms with Crippen molar-refractivity contribution in [3.63, 3.8) is 0 Å². The largest absolute Gasteiger partial charge is 0.507 e. The Labute approximate surface area is 298 Å². The third kappa shape index (κ3) is 4.33. The highest BCUT2D eigenvalue weighted by molar-refractivity contribution is 7.22. The number of anilines is 1. The van der Waals surface area contributed by atoms with E-state index in [0.29, 0.717) is 40.5 Å². The van der Waals surface area contributed by atoms with Crippen LogP contribution in [0.3, 0.4) is 0 Å². The van der Waals surface area contributed by atoms with Crippen LogP contribution in [0.1, 0.15) is 49.3 Å². The number of halogens is 1. The maximum absolute atomic E-state index is 15.0. The molecule has 2 aliphatic carbocycles. The maximum atomic E-state index is 15.0. The lowest BCUT2D eigenvalue weighted by Gasteiger charge is -2.49. The second-order valence-corrected chi connectivity index (χ2v) is 15.6. The van der Waals surface area contributed by atoms with Crippen molar-refractivity contribution in [2.75, 3.05) is 11.4 Å². The molecule has 2 saturated heterocycles. The fourth-order valence-corrected chi connectivity index (χ4v) is 10.7. The van der Waals surface area contributed by atoms with Gasteiger partial charge in [-0.05, 0) is 80.7 Å². The topological polar surface area (TPSA) is 113 Å².